The molecule has 6 heteroatoms. The summed E-state index contributed by atoms with van der Waals surface area (Å²) in [5.41, 5.74) is 6.28. The molecule has 0 aliphatic heterocycles. The molecule has 19 heavy (non-hydrogen) atoms. The third-order valence-electron chi connectivity index (χ3n) is 2.81. The largest absolute Gasteiger partial charge is 0.449 e. The summed E-state index contributed by atoms with van der Waals surface area (Å²) < 4.78 is 5.84. The van der Waals surface area contributed by atoms with Gasteiger partial charge in [0.25, 0.3) is 5.91 Å². The molecule has 1 aliphatic carbocycles. The van der Waals surface area contributed by atoms with Gasteiger partial charge in [0.05, 0.1) is 5.56 Å². The highest BCUT2D eigenvalue weighted by Gasteiger charge is 2.27. The fourth-order valence-corrected chi connectivity index (χ4v) is 1.89. The fraction of sp³-hybridized carbons (Fsp3) is 0.385. The lowest BCUT2D eigenvalue weighted by Crippen LogP contribution is -2.37. The Morgan fingerprint density at radius 1 is 1.47 bits per heavy atom. The van der Waals surface area contributed by atoms with Crippen LogP contribution in [-0.4, -0.2) is 24.0 Å². The summed E-state index contributed by atoms with van der Waals surface area (Å²) in [4.78, 5) is 23.6. The fourth-order valence-electron chi connectivity index (χ4n) is 1.53. The number of ether oxygens (including phenoxy) is 1. The van der Waals surface area contributed by atoms with Crippen molar-refractivity contribution in [2.75, 3.05) is 5.73 Å². The van der Waals surface area contributed by atoms with Crippen LogP contribution in [0.15, 0.2) is 22.7 Å². The Labute approximate surface area is 119 Å². The van der Waals surface area contributed by atoms with Crippen LogP contribution in [0.5, 0.6) is 0 Å². The SMILES string of the molecule is C[C@@H](OC(=O)c1cc(Br)ccc1N)C(=O)NC1CC1. The minimum absolute atomic E-state index is 0.240. The van der Waals surface area contributed by atoms with Crippen molar-refractivity contribution in [3.8, 4) is 0 Å². The van der Waals surface area contributed by atoms with Crippen molar-refractivity contribution >= 4 is 33.5 Å². The Bertz CT molecular complexity index is 515. The second-order valence-corrected chi connectivity index (χ2v) is 5.48. The highest BCUT2D eigenvalue weighted by molar-refractivity contribution is 9.10. The van der Waals surface area contributed by atoms with Gasteiger partial charge in [-0.2, -0.15) is 0 Å². The molecule has 1 aliphatic rings. The first-order valence-electron chi connectivity index (χ1n) is 6.03. The third kappa shape index (κ3) is 3.70. The van der Waals surface area contributed by atoms with Crippen LogP contribution in [0.2, 0.25) is 0 Å². The smallest absolute Gasteiger partial charge is 0.341 e. The molecule has 1 atom stereocenters. The Hall–Kier alpha value is -1.56. The lowest BCUT2D eigenvalue weighted by atomic mass is 10.2. The number of hydrogen-bond acceptors (Lipinski definition) is 4. The minimum Gasteiger partial charge on any atom is -0.449 e. The number of nitrogens with one attached hydrogen (secondary N) is 1. The predicted octanol–water partition coefficient (Wildman–Crippen LogP) is 1.86. The number of halogens is 1. The van der Waals surface area contributed by atoms with E-state index in [1.165, 1.54) is 0 Å². The van der Waals surface area contributed by atoms with Crippen molar-refractivity contribution in [2.45, 2.75) is 31.9 Å². The van der Waals surface area contributed by atoms with Crippen molar-refractivity contribution in [1.82, 2.24) is 5.32 Å². The number of carbonyl (C=O) groups is 2. The monoisotopic (exact) mass is 326 g/mol. The summed E-state index contributed by atoms with van der Waals surface area (Å²) in [7, 11) is 0. The van der Waals surface area contributed by atoms with Crippen molar-refractivity contribution < 1.29 is 14.3 Å². The maximum absolute atomic E-state index is 11.9. The molecule has 1 fully saturated rings. The van der Waals surface area contributed by atoms with E-state index >= 15 is 0 Å². The normalized spacial score (nSPS) is 15.7. The molecule has 1 aromatic carbocycles. The van der Waals surface area contributed by atoms with Crippen LogP contribution in [0.4, 0.5) is 5.69 Å². The zero-order valence-electron chi connectivity index (χ0n) is 10.5. The molecule has 5 nitrogen and oxygen atoms in total. The van der Waals surface area contributed by atoms with Gasteiger partial charge < -0.3 is 15.8 Å². The maximum atomic E-state index is 11.9. The molecule has 0 spiro atoms. The highest BCUT2D eigenvalue weighted by Crippen LogP contribution is 2.21. The standard InChI is InChI=1S/C13H15BrN2O3/c1-7(12(17)16-9-3-4-9)19-13(18)10-6-8(14)2-5-11(10)15/h2,5-7,9H,3-4,15H2,1H3,(H,16,17)/t7-/m1/s1. The highest BCUT2D eigenvalue weighted by atomic mass is 79.9. The Morgan fingerprint density at radius 2 is 2.16 bits per heavy atom. The Balaban J connectivity index is 1.99. The van der Waals surface area contributed by atoms with Crippen LogP contribution >= 0.6 is 15.9 Å². The molecule has 0 heterocycles. The van der Waals surface area contributed by atoms with Crippen LogP contribution in [0.25, 0.3) is 0 Å². The van der Waals surface area contributed by atoms with E-state index in [1.807, 2.05) is 0 Å². The number of carbonyl (C=O) groups excluding carboxylic acids is 2. The molecular formula is C13H15BrN2O3. The van der Waals surface area contributed by atoms with Gasteiger partial charge in [-0.25, -0.2) is 4.79 Å². The number of hydrogen-bond donors (Lipinski definition) is 2. The quantitative estimate of drug-likeness (QED) is 0.653. The number of anilines is 1. The van der Waals surface area contributed by atoms with Gasteiger partial charge in [0, 0.05) is 16.2 Å². The van der Waals surface area contributed by atoms with Gasteiger partial charge in [0.15, 0.2) is 6.10 Å². The molecule has 0 aromatic heterocycles. The summed E-state index contributed by atoms with van der Waals surface area (Å²) in [5.74, 6) is -0.873. The van der Waals surface area contributed by atoms with Crippen molar-refractivity contribution in [3.05, 3.63) is 28.2 Å². The summed E-state index contributed by atoms with van der Waals surface area (Å²) in [6, 6.07) is 5.15. The van der Waals surface area contributed by atoms with Gasteiger partial charge in [-0.1, -0.05) is 15.9 Å². The topological polar surface area (TPSA) is 81.4 Å². The predicted molar refractivity (Wildman–Crippen MR) is 74.6 cm³/mol. The van der Waals surface area contributed by atoms with E-state index < -0.39 is 12.1 Å². The molecule has 0 unspecified atom stereocenters. The third-order valence-corrected chi connectivity index (χ3v) is 3.31. The van der Waals surface area contributed by atoms with Crippen molar-refractivity contribution in [2.24, 2.45) is 0 Å². The van der Waals surface area contributed by atoms with Crippen LogP contribution in [0.3, 0.4) is 0 Å². The maximum Gasteiger partial charge on any atom is 0.341 e. The number of amides is 1. The number of nitrogens with two attached hydrogens (primary N) is 1. The molecule has 0 bridgehead atoms. The average Bonchev–Trinajstić information content (AvgIpc) is 3.15. The van der Waals surface area contributed by atoms with E-state index in [4.69, 9.17) is 10.5 Å². The van der Waals surface area contributed by atoms with E-state index in [0.29, 0.717) is 5.69 Å². The van der Waals surface area contributed by atoms with E-state index in [0.717, 1.165) is 17.3 Å². The van der Waals surface area contributed by atoms with Crippen LogP contribution in [-0.2, 0) is 9.53 Å². The van der Waals surface area contributed by atoms with E-state index in [2.05, 4.69) is 21.2 Å². The zero-order valence-corrected chi connectivity index (χ0v) is 12.1. The number of nitrogen functional groups attached to an aromatic ring is 1. The lowest BCUT2D eigenvalue weighted by Gasteiger charge is -2.14. The molecule has 2 rings (SSSR count). The second-order valence-electron chi connectivity index (χ2n) is 4.56. The molecular weight excluding hydrogens is 312 g/mol. The molecule has 3 N–H and O–H groups in total. The number of esters is 1. The molecule has 0 radical (unpaired) electrons. The average molecular weight is 327 g/mol. The molecule has 1 saturated carbocycles. The van der Waals surface area contributed by atoms with E-state index in [1.54, 1.807) is 25.1 Å². The first-order chi connectivity index (χ1) is 8.97. The lowest BCUT2D eigenvalue weighted by molar-refractivity contribution is -0.129. The Morgan fingerprint density at radius 3 is 2.79 bits per heavy atom. The van der Waals surface area contributed by atoms with Crippen LogP contribution in [0.1, 0.15) is 30.1 Å². The molecule has 1 amide bonds. The molecule has 1 aromatic rings. The first-order valence-corrected chi connectivity index (χ1v) is 6.83. The van der Waals surface area contributed by atoms with Crippen molar-refractivity contribution in [3.63, 3.8) is 0 Å². The van der Waals surface area contributed by atoms with Crippen LogP contribution < -0.4 is 11.1 Å². The Kier molecular flexibility index (Phi) is 4.09. The molecule has 0 saturated heterocycles. The van der Waals surface area contributed by atoms with Crippen LogP contribution in [0, 0.1) is 0 Å². The van der Waals surface area contributed by atoms with Gasteiger partial charge in [0.1, 0.15) is 0 Å². The number of rotatable bonds is 4. The van der Waals surface area contributed by atoms with E-state index in [9.17, 15) is 9.59 Å². The summed E-state index contributed by atoms with van der Waals surface area (Å²) >= 11 is 3.26. The molecule has 102 valence electrons. The van der Waals surface area contributed by atoms with Crippen molar-refractivity contribution in [1.29, 1.82) is 0 Å². The van der Waals surface area contributed by atoms with Gasteiger partial charge >= 0.3 is 5.97 Å². The number of benzene rings is 1. The van der Waals surface area contributed by atoms with Gasteiger partial charge in [-0.05, 0) is 38.0 Å². The van der Waals surface area contributed by atoms with Gasteiger partial charge in [-0.15, -0.1) is 0 Å². The zero-order chi connectivity index (χ0) is 14.0. The summed E-state index contributed by atoms with van der Waals surface area (Å²) in [6.45, 7) is 1.55. The summed E-state index contributed by atoms with van der Waals surface area (Å²) in [5, 5.41) is 2.78. The minimum atomic E-state index is -0.827. The van der Waals surface area contributed by atoms with Gasteiger partial charge in [-0.3, -0.25) is 4.79 Å². The second kappa shape index (κ2) is 5.61. The van der Waals surface area contributed by atoms with E-state index in [-0.39, 0.29) is 17.5 Å². The first kappa shape index (κ1) is 13.9. The van der Waals surface area contributed by atoms with Gasteiger partial charge in [0.2, 0.25) is 0 Å². The summed E-state index contributed by atoms with van der Waals surface area (Å²) in [6.07, 6.45) is 1.15.